The second-order valence-electron chi connectivity index (χ2n) is 4.71. The van der Waals surface area contributed by atoms with Crippen LogP contribution >= 0.6 is 23.2 Å². The smallest absolute Gasteiger partial charge is 0.246 e. The topological polar surface area (TPSA) is 38.1 Å². The average Bonchev–Trinajstić information content (AvgIpc) is 2.89. The van der Waals surface area contributed by atoms with E-state index in [1.807, 2.05) is 6.07 Å². The first-order valence-corrected chi connectivity index (χ1v) is 6.87. The summed E-state index contributed by atoms with van der Waals surface area (Å²) in [6.45, 7) is 1.80. The molecule has 4 nitrogen and oxygen atoms in total. The molecule has 1 amide bonds. The van der Waals surface area contributed by atoms with E-state index in [2.05, 4.69) is 5.10 Å². The Morgan fingerprint density at radius 3 is 2.65 bits per heavy atom. The molecule has 0 spiro atoms. The van der Waals surface area contributed by atoms with Crippen molar-refractivity contribution >= 4 is 29.1 Å². The van der Waals surface area contributed by atoms with Crippen molar-refractivity contribution < 1.29 is 4.79 Å². The van der Waals surface area contributed by atoms with Gasteiger partial charge in [-0.1, -0.05) is 23.2 Å². The minimum absolute atomic E-state index is 0.0168. The first-order chi connectivity index (χ1) is 9.40. The highest BCUT2D eigenvalue weighted by Crippen LogP contribution is 2.29. The molecule has 0 aliphatic carbocycles. The molecule has 1 aromatic heterocycles. The predicted molar refractivity (Wildman–Crippen MR) is 81.1 cm³/mol. The van der Waals surface area contributed by atoms with Crippen molar-refractivity contribution in [3.8, 4) is 11.3 Å². The van der Waals surface area contributed by atoms with Gasteiger partial charge in [-0.05, 0) is 31.2 Å². The van der Waals surface area contributed by atoms with Gasteiger partial charge in [0.1, 0.15) is 6.04 Å². The number of amides is 1. The fraction of sp³-hybridized carbons (Fsp3) is 0.286. The Kier molecular flexibility index (Phi) is 4.35. The van der Waals surface area contributed by atoms with Crippen molar-refractivity contribution in [3.05, 3.63) is 40.5 Å². The van der Waals surface area contributed by atoms with Gasteiger partial charge in [0.2, 0.25) is 5.91 Å². The molecule has 1 atom stereocenters. The van der Waals surface area contributed by atoms with Crippen molar-refractivity contribution in [1.82, 2.24) is 14.7 Å². The fourth-order valence-corrected chi connectivity index (χ4v) is 2.26. The van der Waals surface area contributed by atoms with Gasteiger partial charge in [-0.15, -0.1) is 0 Å². The molecule has 0 fully saturated rings. The second kappa shape index (κ2) is 5.85. The van der Waals surface area contributed by atoms with Crippen LogP contribution in [-0.4, -0.2) is 34.7 Å². The molecular formula is C14H15Cl2N3O. The van der Waals surface area contributed by atoms with Crippen LogP contribution in [0.1, 0.15) is 13.0 Å². The van der Waals surface area contributed by atoms with E-state index in [1.54, 1.807) is 55.0 Å². The molecule has 1 unspecified atom stereocenters. The largest absolute Gasteiger partial charge is 0.347 e. The maximum Gasteiger partial charge on any atom is 0.246 e. The third-order valence-electron chi connectivity index (χ3n) is 3.01. The quantitative estimate of drug-likeness (QED) is 0.870. The predicted octanol–water partition coefficient (Wildman–Crippen LogP) is 3.51. The standard InChI is InChI=1S/C14H15Cl2N3O/c1-9(14(20)18(2)3)19-7-6-13(17-19)11-8-10(15)4-5-12(11)16/h4-9H,1-3H3. The van der Waals surface area contributed by atoms with Crippen LogP contribution in [0, 0.1) is 0 Å². The van der Waals surface area contributed by atoms with E-state index in [-0.39, 0.29) is 11.9 Å². The normalized spacial score (nSPS) is 12.2. The monoisotopic (exact) mass is 311 g/mol. The molecule has 1 aromatic carbocycles. The molecule has 0 radical (unpaired) electrons. The maximum absolute atomic E-state index is 11.9. The summed E-state index contributed by atoms with van der Waals surface area (Å²) in [5.74, 6) is -0.0168. The summed E-state index contributed by atoms with van der Waals surface area (Å²) in [4.78, 5) is 13.5. The van der Waals surface area contributed by atoms with Gasteiger partial charge in [0.25, 0.3) is 0 Å². The number of nitrogens with zero attached hydrogens (tertiary/aromatic N) is 3. The van der Waals surface area contributed by atoms with E-state index < -0.39 is 0 Å². The third-order valence-corrected chi connectivity index (χ3v) is 3.57. The van der Waals surface area contributed by atoms with Gasteiger partial charge in [-0.25, -0.2) is 0 Å². The summed E-state index contributed by atoms with van der Waals surface area (Å²) in [7, 11) is 3.44. The van der Waals surface area contributed by atoms with E-state index in [0.717, 1.165) is 5.56 Å². The van der Waals surface area contributed by atoms with E-state index >= 15 is 0 Å². The van der Waals surface area contributed by atoms with Crippen LogP contribution in [0.15, 0.2) is 30.5 Å². The highest BCUT2D eigenvalue weighted by atomic mass is 35.5. The van der Waals surface area contributed by atoms with Crippen LogP contribution in [-0.2, 0) is 4.79 Å². The SMILES string of the molecule is CC(C(=O)N(C)C)n1ccc(-c2cc(Cl)ccc2Cl)n1. The molecule has 106 valence electrons. The minimum atomic E-state index is -0.364. The van der Waals surface area contributed by atoms with Crippen molar-refractivity contribution in [2.45, 2.75) is 13.0 Å². The summed E-state index contributed by atoms with van der Waals surface area (Å²) in [6.07, 6.45) is 1.76. The molecule has 20 heavy (non-hydrogen) atoms. The van der Waals surface area contributed by atoms with Gasteiger partial charge in [0.05, 0.1) is 10.7 Å². The van der Waals surface area contributed by atoms with E-state index in [4.69, 9.17) is 23.2 Å². The molecule has 1 heterocycles. The van der Waals surface area contributed by atoms with Crippen molar-refractivity contribution in [3.63, 3.8) is 0 Å². The number of rotatable bonds is 3. The molecule has 0 aliphatic rings. The molecule has 0 saturated heterocycles. The Morgan fingerprint density at radius 2 is 2.00 bits per heavy atom. The van der Waals surface area contributed by atoms with Gasteiger partial charge >= 0.3 is 0 Å². The zero-order chi connectivity index (χ0) is 14.9. The first kappa shape index (κ1) is 14.9. The lowest BCUT2D eigenvalue weighted by molar-refractivity contribution is -0.131. The van der Waals surface area contributed by atoms with Gasteiger partial charge in [-0.3, -0.25) is 9.48 Å². The molecule has 0 saturated carbocycles. The second-order valence-corrected chi connectivity index (χ2v) is 5.56. The number of carbonyl (C=O) groups excluding carboxylic acids is 1. The highest BCUT2D eigenvalue weighted by Gasteiger charge is 2.18. The van der Waals surface area contributed by atoms with Crippen LogP contribution in [0.2, 0.25) is 10.0 Å². The van der Waals surface area contributed by atoms with E-state index in [0.29, 0.717) is 15.7 Å². The van der Waals surface area contributed by atoms with Crippen LogP contribution in [0.4, 0.5) is 0 Å². The summed E-state index contributed by atoms with van der Waals surface area (Å²) >= 11 is 12.1. The van der Waals surface area contributed by atoms with E-state index in [9.17, 15) is 4.79 Å². The molecule has 6 heteroatoms. The summed E-state index contributed by atoms with van der Waals surface area (Å²) in [6, 6.07) is 6.66. The number of hydrogen-bond donors (Lipinski definition) is 0. The van der Waals surface area contributed by atoms with Gasteiger partial charge < -0.3 is 4.90 Å². The molecule has 2 aromatic rings. The highest BCUT2D eigenvalue weighted by molar-refractivity contribution is 6.35. The van der Waals surface area contributed by atoms with E-state index in [1.165, 1.54) is 0 Å². The molecule has 2 rings (SSSR count). The lowest BCUT2D eigenvalue weighted by atomic mass is 10.1. The number of likely N-dealkylation sites (N-methyl/N-ethyl adjacent to an activating group) is 1. The Morgan fingerprint density at radius 1 is 1.30 bits per heavy atom. The van der Waals surface area contributed by atoms with Gasteiger partial charge in [0.15, 0.2) is 0 Å². The summed E-state index contributed by atoms with van der Waals surface area (Å²) in [5, 5.41) is 5.58. The van der Waals surface area contributed by atoms with Gasteiger partial charge in [-0.2, -0.15) is 5.10 Å². The lowest BCUT2D eigenvalue weighted by Crippen LogP contribution is -2.30. The number of benzene rings is 1. The number of halogens is 2. The molecular weight excluding hydrogens is 297 g/mol. The number of aromatic nitrogens is 2. The van der Waals surface area contributed by atoms with Crippen LogP contribution in [0.25, 0.3) is 11.3 Å². The Bertz CT molecular complexity index is 637. The molecule has 0 bridgehead atoms. The summed E-state index contributed by atoms with van der Waals surface area (Å²) in [5.41, 5.74) is 1.44. The number of carbonyl (C=O) groups is 1. The van der Waals surface area contributed by atoms with Crippen LogP contribution < -0.4 is 0 Å². The van der Waals surface area contributed by atoms with Crippen LogP contribution in [0.5, 0.6) is 0 Å². The average molecular weight is 312 g/mol. The Labute approximate surface area is 127 Å². The zero-order valence-electron chi connectivity index (χ0n) is 11.5. The minimum Gasteiger partial charge on any atom is -0.347 e. The Hall–Kier alpha value is -1.52. The summed E-state index contributed by atoms with van der Waals surface area (Å²) < 4.78 is 1.62. The van der Waals surface area contributed by atoms with Gasteiger partial charge in [0, 0.05) is 30.9 Å². The lowest BCUT2D eigenvalue weighted by Gasteiger charge is -2.16. The zero-order valence-corrected chi connectivity index (χ0v) is 13.0. The van der Waals surface area contributed by atoms with Crippen molar-refractivity contribution in [1.29, 1.82) is 0 Å². The molecule has 0 aliphatic heterocycles. The van der Waals surface area contributed by atoms with Crippen LogP contribution in [0.3, 0.4) is 0 Å². The maximum atomic E-state index is 11.9. The van der Waals surface area contributed by atoms with Crippen molar-refractivity contribution in [2.75, 3.05) is 14.1 Å². The number of hydrogen-bond acceptors (Lipinski definition) is 2. The Balaban J connectivity index is 2.34. The van der Waals surface area contributed by atoms with Crippen molar-refractivity contribution in [2.24, 2.45) is 0 Å². The fourth-order valence-electron chi connectivity index (χ4n) is 1.88. The first-order valence-electron chi connectivity index (χ1n) is 6.12. The molecule has 0 N–H and O–H groups in total. The third kappa shape index (κ3) is 2.97.